The van der Waals surface area contributed by atoms with Gasteiger partial charge in [0.15, 0.2) is 0 Å². The third-order valence-corrected chi connectivity index (χ3v) is 4.46. The maximum atomic E-state index is 11.0. The molecule has 1 aliphatic heterocycles. The normalized spacial score (nSPS) is 19.8. The Kier molecular flexibility index (Phi) is 4.87. The monoisotopic (exact) mass is 275 g/mol. The molecule has 1 fully saturated rings. The Bertz CT molecular complexity index is 431. The van der Waals surface area contributed by atoms with E-state index in [0.717, 1.165) is 37.9 Å². The lowest BCUT2D eigenvalue weighted by Gasteiger charge is -2.40. The van der Waals surface area contributed by atoms with Gasteiger partial charge in [0.2, 0.25) is 0 Å². The highest BCUT2D eigenvalue weighted by Crippen LogP contribution is 2.34. The van der Waals surface area contributed by atoms with Crippen molar-refractivity contribution in [3.05, 3.63) is 35.4 Å². The van der Waals surface area contributed by atoms with Gasteiger partial charge >= 0.3 is 0 Å². The first-order valence-electron chi connectivity index (χ1n) is 7.96. The van der Waals surface area contributed by atoms with Gasteiger partial charge in [0.1, 0.15) is 0 Å². The second kappa shape index (κ2) is 6.28. The van der Waals surface area contributed by atoms with Crippen LogP contribution in [-0.2, 0) is 12.0 Å². The topological polar surface area (TPSA) is 23.5 Å². The highest BCUT2D eigenvalue weighted by atomic mass is 16.3. The summed E-state index contributed by atoms with van der Waals surface area (Å²) in [7, 11) is 0. The van der Waals surface area contributed by atoms with Gasteiger partial charge < -0.3 is 10.0 Å². The van der Waals surface area contributed by atoms with E-state index in [1.807, 2.05) is 0 Å². The summed E-state index contributed by atoms with van der Waals surface area (Å²) >= 11 is 0. The van der Waals surface area contributed by atoms with Gasteiger partial charge in [-0.25, -0.2) is 0 Å². The number of benzene rings is 1. The molecule has 0 unspecified atom stereocenters. The molecule has 0 radical (unpaired) electrons. The van der Waals surface area contributed by atoms with E-state index in [2.05, 4.69) is 56.9 Å². The van der Waals surface area contributed by atoms with E-state index in [1.54, 1.807) is 0 Å². The molecule has 1 N–H and O–H groups in total. The fourth-order valence-corrected chi connectivity index (χ4v) is 3.16. The molecule has 0 aliphatic carbocycles. The molecule has 2 heteroatoms. The Hall–Kier alpha value is -0.860. The zero-order valence-corrected chi connectivity index (χ0v) is 13.4. The molecular formula is C18H29NO. The van der Waals surface area contributed by atoms with Gasteiger partial charge in [-0.05, 0) is 50.2 Å². The second-order valence-corrected chi connectivity index (χ2v) is 6.96. The van der Waals surface area contributed by atoms with Crippen LogP contribution in [0.1, 0.15) is 51.7 Å². The minimum absolute atomic E-state index is 0.576. The van der Waals surface area contributed by atoms with E-state index in [4.69, 9.17) is 0 Å². The van der Waals surface area contributed by atoms with E-state index in [9.17, 15) is 5.11 Å². The zero-order chi connectivity index (χ0) is 14.8. The molecule has 112 valence electrons. The van der Waals surface area contributed by atoms with Gasteiger partial charge in [0.25, 0.3) is 0 Å². The Morgan fingerprint density at radius 3 is 2.35 bits per heavy atom. The summed E-state index contributed by atoms with van der Waals surface area (Å²) in [5.41, 5.74) is 1.83. The van der Waals surface area contributed by atoms with Gasteiger partial charge in [-0.15, -0.1) is 0 Å². The van der Waals surface area contributed by atoms with Crippen molar-refractivity contribution in [3.8, 4) is 0 Å². The highest BCUT2D eigenvalue weighted by Gasteiger charge is 2.34. The molecule has 1 aromatic carbocycles. The lowest BCUT2D eigenvalue weighted by molar-refractivity contribution is -0.0324. The van der Waals surface area contributed by atoms with Crippen LogP contribution in [0.25, 0.3) is 0 Å². The summed E-state index contributed by atoms with van der Waals surface area (Å²) in [4.78, 5) is 2.45. The molecule has 0 aromatic heterocycles. The molecule has 1 heterocycles. The number of likely N-dealkylation sites (tertiary alicyclic amines) is 1. The smallest absolute Gasteiger partial charge is 0.0921 e. The van der Waals surface area contributed by atoms with E-state index in [0.29, 0.717) is 12.0 Å². The van der Waals surface area contributed by atoms with Crippen molar-refractivity contribution in [2.45, 2.75) is 58.6 Å². The second-order valence-electron chi connectivity index (χ2n) is 6.96. The number of aliphatic hydroxyl groups is 1. The van der Waals surface area contributed by atoms with Crippen molar-refractivity contribution in [3.63, 3.8) is 0 Å². The fourth-order valence-electron chi connectivity index (χ4n) is 3.16. The highest BCUT2D eigenvalue weighted by molar-refractivity contribution is 5.29. The van der Waals surface area contributed by atoms with Crippen LogP contribution in [0, 0.1) is 5.92 Å². The first-order valence-corrected chi connectivity index (χ1v) is 7.96. The number of piperidine rings is 1. The van der Waals surface area contributed by atoms with Crippen LogP contribution in [0.15, 0.2) is 24.3 Å². The fraction of sp³-hybridized carbons (Fsp3) is 0.667. The molecule has 0 atom stereocenters. The minimum atomic E-state index is -0.627. The summed E-state index contributed by atoms with van der Waals surface area (Å²) in [6.07, 6.45) is 2.77. The molecule has 2 nitrogen and oxygen atoms in total. The van der Waals surface area contributed by atoms with Crippen molar-refractivity contribution in [1.29, 1.82) is 0 Å². The van der Waals surface area contributed by atoms with Crippen LogP contribution in [0.4, 0.5) is 0 Å². The van der Waals surface area contributed by atoms with Crippen molar-refractivity contribution < 1.29 is 5.11 Å². The summed E-state index contributed by atoms with van der Waals surface area (Å²) in [6.45, 7) is 10.9. The standard InChI is InChI=1S/C18H29NO/c1-14(2)12-16-6-5-7-17(13-16)18(20)8-10-19(11-9-18)15(3)4/h5-7,13-15,20H,8-12H2,1-4H3. The molecule has 2 rings (SSSR count). The average Bonchev–Trinajstić information content (AvgIpc) is 2.39. The Labute approximate surface area is 123 Å². The van der Waals surface area contributed by atoms with Gasteiger partial charge in [-0.3, -0.25) is 0 Å². The van der Waals surface area contributed by atoms with Crippen LogP contribution in [0.3, 0.4) is 0 Å². The first kappa shape index (κ1) is 15.5. The summed E-state index contributed by atoms with van der Waals surface area (Å²) in [5, 5.41) is 11.0. The largest absolute Gasteiger partial charge is 0.385 e. The summed E-state index contributed by atoms with van der Waals surface area (Å²) in [6, 6.07) is 9.15. The van der Waals surface area contributed by atoms with Crippen molar-refractivity contribution in [2.24, 2.45) is 5.92 Å². The molecule has 0 amide bonds. The van der Waals surface area contributed by atoms with E-state index in [1.165, 1.54) is 5.56 Å². The van der Waals surface area contributed by atoms with Crippen molar-refractivity contribution in [1.82, 2.24) is 4.90 Å². The maximum absolute atomic E-state index is 11.0. The SMILES string of the molecule is CC(C)Cc1cccc(C2(O)CCN(C(C)C)CC2)c1. The van der Waals surface area contributed by atoms with Crippen LogP contribution in [0.5, 0.6) is 0 Å². The molecular weight excluding hydrogens is 246 g/mol. The minimum Gasteiger partial charge on any atom is -0.385 e. The summed E-state index contributed by atoms with van der Waals surface area (Å²) in [5.74, 6) is 0.655. The van der Waals surface area contributed by atoms with Gasteiger partial charge in [0.05, 0.1) is 5.60 Å². The number of nitrogens with zero attached hydrogens (tertiary/aromatic N) is 1. The molecule has 20 heavy (non-hydrogen) atoms. The van der Waals surface area contributed by atoms with E-state index in [-0.39, 0.29) is 0 Å². The molecule has 1 aliphatic rings. The maximum Gasteiger partial charge on any atom is 0.0921 e. The lowest BCUT2D eigenvalue weighted by atomic mass is 9.83. The molecule has 1 saturated heterocycles. The summed E-state index contributed by atoms with van der Waals surface area (Å²) < 4.78 is 0. The van der Waals surface area contributed by atoms with Crippen LogP contribution >= 0.6 is 0 Å². The Morgan fingerprint density at radius 1 is 1.15 bits per heavy atom. The first-order chi connectivity index (χ1) is 9.40. The predicted octanol–water partition coefficient (Wildman–Crippen LogP) is 3.58. The van der Waals surface area contributed by atoms with Crippen LogP contribution in [0.2, 0.25) is 0 Å². The number of hydrogen-bond acceptors (Lipinski definition) is 2. The molecule has 0 spiro atoms. The van der Waals surface area contributed by atoms with Crippen molar-refractivity contribution in [2.75, 3.05) is 13.1 Å². The third kappa shape index (κ3) is 3.62. The Balaban J connectivity index is 2.11. The predicted molar refractivity (Wildman–Crippen MR) is 84.8 cm³/mol. The number of hydrogen-bond donors (Lipinski definition) is 1. The van der Waals surface area contributed by atoms with E-state index >= 15 is 0 Å². The third-order valence-electron chi connectivity index (χ3n) is 4.46. The average molecular weight is 275 g/mol. The van der Waals surface area contributed by atoms with Gasteiger partial charge in [-0.2, -0.15) is 0 Å². The molecule has 0 bridgehead atoms. The van der Waals surface area contributed by atoms with Gasteiger partial charge in [-0.1, -0.05) is 38.1 Å². The van der Waals surface area contributed by atoms with Crippen LogP contribution < -0.4 is 0 Å². The lowest BCUT2D eigenvalue weighted by Crippen LogP contribution is -2.45. The molecule has 1 aromatic rings. The Morgan fingerprint density at radius 2 is 1.80 bits per heavy atom. The quantitative estimate of drug-likeness (QED) is 0.908. The van der Waals surface area contributed by atoms with Crippen LogP contribution in [-0.4, -0.2) is 29.1 Å². The van der Waals surface area contributed by atoms with Gasteiger partial charge in [0, 0.05) is 19.1 Å². The molecule has 0 saturated carbocycles. The number of rotatable bonds is 4. The zero-order valence-electron chi connectivity index (χ0n) is 13.4. The van der Waals surface area contributed by atoms with E-state index < -0.39 is 5.60 Å². The van der Waals surface area contributed by atoms with Crippen molar-refractivity contribution >= 4 is 0 Å².